The number of hydrogen-bond donors (Lipinski definition) is 0. The fourth-order valence-corrected chi connectivity index (χ4v) is 7.88. The maximum atomic E-state index is 13.1. The predicted molar refractivity (Wildman–Crippen MR) is 156 cm³/mol. The first kappa shape index (κ1) is 30.4. The van der Waals surface area contributed by atoms with Gasteiger partial charge in [0.25, 0.3) is 0 Å². The Hall–Kier alpha value is -1.52. The molecule has 8 nitrogen and oxygen atoms in total. The minimum absolute atomic E-state index is 0.0390. The fraction of sp³-hybridized carbons (Fsp3) is 0.767. The lowest BCUT2D eigenvalue weighted by Crippen LogP contribution is -2.43. The molecule has 2 saturated heterocycles. The van der Waals surface area contributed by atoms with E-state index in [1.165, 1.54) is 64.8 Å². The van der Waals surface area contributed by atoms with E-state index >= 15 is 0 Å². The van der Waals surface area contributed by atoms with Crippen LogP contribution in [0, 0.1) is 19.8 Å². The topological polar surface area (TPSA) is 65.6 Å². The van der Waals surface area contributed by atoms with Gasteiger partial charge in [0.2, 0.25) is 5.91 Å². The van der Waals surface area contributed by atoms with Gasteiger partial charge in [0, 0.05) is 45.8 Å². The second-order valence-corrected chi connectivity index (χ2v) is 13.4. The predicted octanol–water partition coefficient (Wildman–Crippen LogP) is 3.47. The lowest BCUT2D eigenvalue weighted by atomic mass is 9.85. The van der Waals surface area contributed by atoms with E-state index in [-0.39, 0.29) is 12.5 Å². The first-order valence-electron chi connectivity index (χ1n) is 14.8. The molecule has 220 valence electrons. The number of ether oxygens (including phenoxy) is 2. The zero-order valence-electron chi connectivity index (χ0n) is 24.8. The van der Waals surface area contributed by atoms with Crippen molar-refractivity contribution in [2.45, 2.75) is 75.8 Å². The number of aryl methyl sites for hydroxylation is 2. The minimum atomic E-state index is -1.30. The van der Waals surface area contributed by atoms with Gasteiger partial charge in [0.15, 0.2) is 0 Å². The van der Waals surface area contributed by atoms with Gasteiger partial charge in [-0.3, -0.25) is 9.69 Å². The van der Waals surface area contributed by atoms with E-state index in [4.69, 9.17) is 9.47 Å². The van der Waals surface area contributed by atoms with Crippen molar-refractivity contribution in [2.24, 2.45) is 5.92 Å². The van der Waals surface area contributed by atoms with Gasteiger partial charge in [-0.2, -0.15) is 0 Å². The fourth-order valence-electron chi connectivity index (χ4n) is 6.66. The molecule has 3 fully saturated rings. The van der Waals surface area contributed by atoms with Crippen LogP contribution in [0.2, 0.25) is 0 Å². The summed E-state index contributed by atoms with van der Waals surface area (Å²) in [6.45, 7) is 11.1. The SMILES string of the molecule is COc1cc(C)c(S(=O)N(C)CCOCC(=O)N(C)C2CCC(CN3CC[C@@H](N4CCCC4)C3)CC2)c(C)c1. The normalized spacial score (nSPS) is 25.3. The molecular weight excluding hydrogens is 512 g/mol. The van der Waals surface area contributed by atoms with Crippen molar-refractivity contribution < 1.29 is 18.5 Å². The molecular formula is C30H50N4O4S. The summed E-state index contributed by atoms with van der Waals surface area (Å²) in [5.74, 6) is 1.57. The van der Waals surface area contributed by atoms with E-state index in [1.54, 1.807) is 11.4 Å². The maximum absolute atomic E-state index is 13.1. The summed E-state index contributed by atoms with van der Waals surface area (Å²) in [5, 5.41) is 0. The first-order valence-corrected chi connectivity index (χ1v) is 16.0. The molecule has 0 N–H and O–H groups in total. The standard InChI is InChI=1S/C30H50N4O4S/c1-23-18-28(37-5)19-24(2)30(23)39(36)31(3)16-17-38-22-29(35)32(4)26-10-8-25(9-11-26)20-33-15-12-27(21-33)34-13-6-7-14-34/h18-19,25-27H,6-17,20-22H2,1-5H3/t25?,26?,27-,39?/m1/s1. The van der Waals surface area contributed by atoms with Crippen LogP contribution in [0.3, 0.4) is 0 Å². The number of carbonyl (C=O) groups is 1. The molecule has 39 heavy (non-hydrogen) atoms. The van der Waals surface area contributed by atoms with Gasteiger partial charge in [-0.05, 0) is 108 Å². The molecule has 1 aromatic carbocycles. The number of nitrogens with zero attached hydrogens (tertiary/aromatic N) is 4. The van der Waals surface area contributed by atoms with Crippen molar-refractivity contribution in [3.63, 3.8) is 0 Å². The van der Waals surface area contributed by atoms with E-state index in [1.807, 2.05) is 45.0 Å². The Balaban J connectivity index is 1.12. The Morgan fingerprint density at radius 1 is 1.03 bits per heavy atom. The molecule has 2 aliphatic heterocycles. The van der Waals surface area contributed by atoms with Crippen LogP contribution in [0.1, 0.15) is 56.1 Å². The number of hydrogen-bond acceptors (Lipinski definition) is 6. The van der Waals surface area contributed by atoms with Crippen LogP contribution < -0.4 is 4.74 Å². The van der Waals surface area contributed by atoms with Crippen LogP contribution in [-0.4, -0.2) is 115 Å². The van der Waals surface area contributed by atoms with Crippen molar-refractivity contribution in [2.75, 3.05) is 73.7 Å². The van der Waals surface area contributed by atoms with Crippen LogP contribution >= 0.6 is 0 Å². The third-order valence-corrected chi connectivity index (χ3v) is 10.8. The number of methoxy groups -OCH3 is 1. The van der Waals surface area contributed by atoms with Gasteiger partial charge in [-0.25, -0.2) is 8.51 Å². The van der Waals surface area contributed by atoms with Crippen LogP contribution in [0.5, 0.6) is 5.75 Å². The highest BCUT2D eigenvalue weighted by Gasteiger charge is 2.32. The van der Waals surface area contributed by atoms with Gasteiger partial charge in [-0.1, -0.05) is 0 Å². The summed E-state index contributed by atoms with van der Waals surface area (Å²) < 4.78 is 25.9. The average molecular weight is 563 g/mol. The van der Waals surface area contributed by atoms with Gasteiger partial charge in [0.05, 0.1) is 18.6 Å². The lowest BCUT2D eigenvalue weighted by molar-refractivity contribution is -0.137. The van der Waals surface area contributed by atoms with Gasteiger partial charge in [-0.15, -0.1) is 0 Å². The molecule has 2 heterocycles. The van der Waals surface area contributed by atoms with Crippen molar-refractivity contribution in [1.82, 2.24) is 19.0 Å². The lowest BCUT2D eigenvalue weighted by Gasteiger charge is -2.36. The Kier molecular flexibility index (Phi) is 11.2. The number of amides is 1. The second-order valence-electron chi connectivity index (χ2n) is 11.9. The maximum Gasteiger partial charge on any atom is 0.248 e. The molecule has 0 spiro atoms. The van der Waals surface area contributed by atoms with Crippen molar-refractivity contribution in [1.29, 1.82) is 0 Å². The molecule has 0 radical (unpaired) electrons. The number of carbonyl (C=O) groups excluding carboxylic acids is 1. The molecule has 1 unspecified atom stereocenters. The quantitative estimate of drug-likeness (QED) is 0.364. The van der Waals surface area contributed by atoms with Crippen molar-refractivity contribution >= 4 is 16.9 Å². The summed E-state index contributed by atoms with van der Waals surface area (Å²) >= 11 is 0. The smallest absolute Gasteiger partial charge is 0.248 e. The summed E-state index contributed by atoms with van der Waals surface area (Å²) in [6.07, 6.45) is 8.65. The van der Waals surface area contributed by atoms with Crippen LogP contribution in [0.4, 0.5) is 0 Å². The third kappa shape index (κ3) is 8.03. The van der Waals surface area contributed by atoms with Crippen LogP contribution in [-0.2, 0) is 20.5 Å². The molecule has 1 saturated carbocycles. The molecule has 4 rings (SSSR count). The van der Waals surface area contributed by atoms with E-state index < -0.39 is 11.0 Å². The highest BCUT2D eigenvalue weighted by molar-refractivity contribution is 7.82. The highest BCUT2D eigenvalue weighted by atomic mass is 32.2. The van der Waals surface area contributed by atoms with E-state index in [9.17, 15) is 9.00 Å². The summed E-state index contributed by atoms with van der Waals surface area (Å²) in [7, 11) is 4.08. The van der Waals surface area contributed by atoms with Crippen molar-refractivity contribution in [3.8, 4) is 5.75 Å². The molecule has 9 heteroatoms. The summed E-state index contributed by atoms with van der Waals surface area (Å²) in [5.41, 5.74) is 1.88. The molecule has 2 atom stereocenters. The third-order valence-electron chi connectivity index (χ3n) is 9.08. The van der Waals surface area contributed by atoms with Gasteiger partial charge in [0.1, 0.15) is 23.3 Å². The Morgan fingerprint density at radius 2 is 1.69 bits per heavy atom. The van der Waals surface area contributed by atoms with Gasteiger partial charge >= 0.3 is 0 Å². The molecule has 0 bridgehead atoms. The molecule has 3 aliphatic rings. The summed E-state index contributed by atoms with van der Waals surface area (Å²) in [4.78, 5) is 20.9. The zero-order valence-corrected chi connectivity index (χ0v) is 25.6. The Morgan fingerprint density at radius 3 is 2.33 bits per heavy atom. The van der Waals surface area contributed by atoms with Crippen LogP contribution in [0.25, 0.3) is 0 Å². The van der Waals surface area contributed by atoms with Crippen LogP contribution in [0.15, 0.2) is 17.0 Å². The number of benzene rings is 1. The van der Waals surface area contributed by atoms with E-state index in [0.717, 1.165) is 46.6 Å². The minimum Gasteiger partial charge on any atom is -0.497 e. The van der Waals surface area contributed by atoms with Gasteiger partial charge < -0.3 is 19.3 Å². The molecule has 1 aliphatic carbocycles. The monoisotopic (exact) mass is 562 g/mol. The largest absolute Gasteiger partial charge is 0.497 e. The first-order chi connectivity index (χ1) is 18.8. The number of rotatable bonds is 12. The molecule has 1 amide bonds. The second kappa shape index (κ2) is 14.4. The highest BCUT2D eigenvalue weighted by Crippen LogP contribution is 2.30. The summed E-state index contributed by atoms with van der Waals surface area (Å²) in [6, 6.07) is 4.90. The van der Waals surface area contributed by atoms with E-state index in [0.29, 0.717) is 19.2 Å². The zero-order chi connectivity index (χ0) is 27.9. The molecule has 1 aromatic rings. The van der Waals surface area contributed by atoms with Crippen molar-refractivity contribution in [3.05, 3.63) is 23.3 Å². The number of likely N-dealkylation sites (N-methyl/N-ethyl adjacent to an activating group) is 2. The molecule has 0 aromatic heterocycles. The Bertz CT molecular complexity index is 955. The Labute approximate surface area is 238 Å². The average Bonchev–Trinajstić information content (AvgIpc) is 3.63. The van der Waals surface area contributed by atoms with E-state index in [2.05, 4.69) is 9.80 Å². The number of likely N-dealkylation sites (tertiary alicyclic amines) is 2.